The van der Waals surface area contributed by atoms with Gasteiger partial charge in [0, 0.05) is 22.6 Å². The number of aldehydes is 1. The Kier molecular flexibility index (Phi) is 5.28. The molecule has 18 heavy (non-hydrogen) atoms. The van der Waals surface area contributed by atoms with E-state index in [4.69, 9.17) is 10.3 Å². The second-order valence-corrected chi connectivity index (χ2v) is 3.38. The smallest absolute Gasteiger partial charge is 0.165 e. The molecule has 6 heteroatoms. The molecule has 0 bridgehead atoms. The lowest BCUT2D eigenvalue weighted by molar-refractivity contribution is 0.112. The summed E-state index contributed by atoms with van der Waals surface area (Å²) in [6, 6.07) is 3.09. The Morgan fingerprint density at radius 2 is 2.33 bits per heavy atom. The number of benzene rings is 1. The lowest BCUT2D eigenvalue weighted by atomic mass is 10.1. The normalized spacial score (nSPS) is 10.1. The zero-order valence-electron chi connectivity index (χ0n) is 9.91. The molecule has 0 fully saturated rings. The molecule has 0 aliphatic rings. The number of rotatable bonds is 6. The summed E-state index contributed by atoms with van der Waals surface area (Å²) >= 11 is 0. The van der Waals surface area contributed by atoms with E-state index >= 15 is 0 Å². The van der Waals surface area contributed by atoms with Crippen molar-refractivity contribution >= 4 is 12.4 Å². The van der Waals surface area contributed by atoms with Crippen molar-refractivity contribution in [2.75, 3.05) is 13.7 Å². The molecular weight excluding hydrogens is 234 g/mol. The second-order valence-electron chi connectivity index (χ2n) is 3.38. The molecule has 0 spiro atoms. The van der Waals surface area contributed by atoms with Crippen LogP contribution in [0.2, 0.25) is 0 Å². The highest BCUT2D eigenvalue weighted by Crippen LogP contribution is 2.32. The monoisotopic (exact) mass is 247 g/mol. The standard InChI is InChI=1S/C12H13N3O3/c1-18-11-6-5-9(8-16)10(12(11)17)4-2-3-7-14-15-13/h2,4-6,8,17H,3,7H2,1H3. The van der Waals surface area contributed by atoms with Crippen molar-refractivity contribution in [2.45, 2.75) is 6.42 Å². The van der Waals surface area contributed by atoms with Gasteiger partial charge in [0.2, 0.25) is 0 Å². The number of phenolic OH excluding ortho intramolecular Hbond substituents is 1. The molecule has 1 N–H and O–H groups in total. The molecule has 1 aromatic carbocycles. The van der Waals surface area contributed by atoms with Gasteiger partial charge < -0.3 is 9.84 Å². The third-order valence-corrected chi connectivity index (χ3v) is 2.30. The maximum Gasteiger partial charge on any atom is 0.165 e. The third kappa shape index (κ3) is 3.26. The van der Waals surface area contributed by atoms with Gasteiger partial charge in [-0.05, 0) is 24.1 Å². The largest absolute Gasteiger partial charge is 0.504 e. The summed E-state index contributed by atoms with van der Waals surface area (Å²) in [5, 5.41) is 13.3. The number of hydrogen-bond acceptors (Lipinski definition) is 4. The fourth-order valence-corrected chi connectivity index (χ4v) is 1.42. The zero-order chi connectivity index (χ0) is 13.4. The van der Waals surface area contributed by atoms with Gasteiger partial charge in [0.05, 0.1) is 7.11 Å². The summed E-state index contributed by atoms with van der Waals surface area (Å²) in [4.78, 5) is 13.5. The first-order valence-electron chi connectivity index (χ1n) is 5.27. The highest BCUT2D eigenvalue weighted by atomic mass is 16.5. The van der Waals surface area contributed by atoms with Crippen molar-refractivity contribution in [1.82, 2.24) is 0 Å². The van der Waals surface area contributed by atoms with Crippen molar-refractivity contribution in [3.05, 3.63) is 39.8 Å². The Balaban J connectivity index is 2.97. The minimum atomic E-state index is -0.0814. The van der Waals surface area contributed by atoms with Crippen molar-refractivity contribution in [1.29, 1.82) is 0 Å². The summed E-state index contributed by atoms with van der Waals surface area (Å²) in [6.07, 6.45) is 4.51. The van der Waals surface area contributed by atoms with Gasteiger partial charge in [-0.2, -0.15) is 0 Å². The maximum absolute atomic E-state index is 10.9. The molecule has 1 aromatic rings. The molecule has 0 atom stereocenters. The molecule has 0 aliphatic heterocycles. The zero-order valence-corrected chi connectivity index (χ0v) is 9.91. The van der Waals surface area contributed by atoms with Crippen LogP contribution in [-0.2, 0) is 0 Å². The first-order chi connectivity index (χ1) is 8.74. The van der Waals surface area contributed by atoms with Gasteiger partial charge in [0.25, 0.3) is 0 Å². The second kappa shape index (κ2) is 6.98. The Labute approximate surface area is 104 Å². The number of nitrogens with zero attached hydrogens (tertiary/aromatic N) is 3. The lowest BCUT2D eigenvalue weighted by Crippen LogP contribution is -1.91. The number of hydrogen-bond donors (Lipinski definition) is 1. The minimum absolute atomic E-state index is 0.0814. The Bertz CT molecular complexity index is 506. The molecule has 0 radical (unpaired) electrons. The highest BCUT2D eigenvalue weighted by Gasteiger charge is 2.09. The summed E-state index contributed by atoms with van der Waals surface area (Å²) in [7, 11) is 1.44. The number of aromatic hydroxyl groups is 1. The van der Waals surface area contributed by atoms with Gasteiger partial charge in [0.15, 0.2) is 17.8 Å². The van der Waals surface area contributed by atoms with Crippen LogP contribution in [0.4, 0.5) is 0 Å². The first kappa shape index (κ1) is 13.6. The molecule has 0 aliphatic carbocycles. The van der Waals surface area contributed by atoms with E-state index < -0.39 is 0 Å². The maximum atomic E-state index is 10.9. The molecule has 6 nitrogen and oxygen atoms in total. The molecule has 0 saturated carbocycles. The van der Waals surface area contributed by atoms with Crippen LogP contribution in [0.25, 0.3) is 16.5 Å². The molecule has 94 valence electrons. The van der Waals surface area contributed by atoms with Gasteiger partial charge in [0.1, 0.15) is 0 Å². The van der Waals surface area contributed by atoms with Gasteiger partial charge in [-0.15, -0.1) is 0 Å². The van der Waals surface area contributed by atoms with Gasteiger partial charge in [-0.25, -0.2) is 0 Å². The summed E-state index contributed by atoms with van der Waals surface area (Å²) in [5.41, 5.74) is 8.87. The summed E-state index contributed by atoms with van der Waals surface area (Å²) < 4.78 is 4.96. The number of ether oxygens (including phenoxy) is 1. The van der Waals surface area contributed by atoms with Crippen molar-refractivity contribution in [3.63, 3.8) is 0 Å². The fourth-order valence-electron chi connectivity index (χ4n) is 1.42. The Morgan fingerprint density at radius 1 is 1.56 bits per heavy atom. The van der Waals surface area contributed by atoms with Crippen LogP contribution in [0.15, 0.2) is 23.3 Å². The predicted octanol–water partition coefficient (Wildman–Crippen LogP) is 2.93. The average molecular weight is 247 g/mol. The quantitative estimate of drug-likeness (QED) is 0.275. The average Bonchev–Trinajstić information content (AvgIpc) is 2.39. The van der Waals surface area contributed by atoms with Crippen LogP contribution in [0, 0.1) is 0 Å². The molecule has 0 unspecified atom stereocenters. The SMILES string of the molecule is COc1ccc(C=O)c(C=CCCN=[N+]=[N-])c1O. The number of carbonyl (C=O) groups is 1. The highest BCUT2D eigenvalue weighted by molar-refractivity contribution is 5.85. The van der Waals surface area contributed by atoms with Gasteiger partial charge in [-0.3, -0.25) is 4.79 Å². The third-order valence-electron chi connectivity index (χ3n) is 2.30. The van der Waals surface area contributed by atoms with Crippen LogP contribution in [-0.4, -0.2) is 25.0 Å². The fraction of sp³-hybridized carbons (Fsp3) is 0.250. The van der Waals surface area contributed by atoms with E-state index in [2.05, 4.69) is 10.0 Å². The Morgan fingerprint density at radius 3 is 2.94 bits per heavy atom. The lowest BCUT2D eigenvalue weighted by Gasteiger charge is -2.07. The number of methoxy groups -OCH3 is 1. The van der Waals surface area contributed by atoms with Crippen LogP contribution >= 0.6 is 0 Å². The van der Waals surface area contributed by atoms with Gasteiger partial charge in [-0.1, -0.05) is 17.3 Å². The van der Waals surface area contributed by atoms with E-state index in [9.17, 15) is 9.90 Å². The topological polar surface area (TPSA) is 95.3 Å². The molecule has 0 aromatic heterocycles. The number of phenols is 1. The molecule has 0 heterocycles. The molecule has 1 rings (SSSR count). The summed E-state index contributed by atoms with van der Waals surface area (Å²) in [5.74, 6) is 0.220. The van der Waals surface area contributed by atoms with Crippen LogP contribution in [0.5, 0.6) is 11.5 Å². The van der Waals surface area contributed by atoms with Crippen LogP contribution in [0.1, 0.15) is 22.3 Å². The van der Waals surface area contributed by atoms with Crippen LogP contribution in [0.3, 0.4) is 0 Å². The van der Waals surface area contributed by atoms with E-state index in [1.165, 1.54) is 13.2 Å². The Hall–Kier alpha value is -2.46. The molecule has 0 saturated heterocycles. The van der Waals surface area contributed by atoms with E-state index in [0.717, 1.165) is 0 Å². The van der Waals surface area contributed by atoms with E-state index in [1.807, 2.05) is 0 Å². The van der Waals surface area contributed by atoms with Crippen molar-refractivity contribution in [3.8, 4) is 11.5 Å². The minimum Gasteiger partial charge on any atom is -0.504 e. The number of carbonyl (C=O) groups excluding carboxylic acids is 1. The number of azide groups is 1. The summed E-state index contributed by atoms with van der Waals surface area (Å²) in [6.45, 7) is 0.328. The molecular formula is C12H13N3O3. The van der Waals surface area contributed by atoms with E-state index in [0.29, 0.717) is 36.1 Å². The van der Waals surface area contributed by atoms with Crippen molar-refractivity contribution in [2.24, 2.45) is 5.11 Å². The first-order valence-corrected chi connectivity index (χ1v) is 5.27. The van der Waals surface area contributed by atoms with E-state index in [1.54, 1.807) is 18.2 Å². The molecule has 0 amide bonds. The van der Waals surface area contributed by atoms with E-state index in [-0.39, 0.29) is 5.75 Å². The predicted molar refractivity (Wildman–Crippen MR) is 67.7 cm³/mol. The van der Waals surface area contributed by atoms with Crippen LogP contribution < -0.4 is 4.74 Å². The van der Waals surface area contributed by atoms with Gasteiger partial charge >= 0.3 is 0 Å². The van der Waals surface area contributed by atoms with Crippen molar-refractivity contribution < 1.29 is 14.6 Å².